The van der Waals surface area contributed by atoms with Crippen molar-refractivity contribution in [3.05, 3.63) is 47.5 Å². The van der Waals surface area contributed by atoms with E-state index in [0.717, 1.165) is 23.3 Å². The van der Waals surface area contributed by atoms with Gasteiger partial charge in [-0.2, -0.15) is 0 Å². The molecule has 0 aliphatic rings. The van der Waals surface area contributed by atoms with Gasteiger partial charge in [0.1, 0.15) is 5.75 Å². The minimum atomic E-state index is 0.242. The fourth-order valence-corrected chi connectivity index (χ4v) is 2.50. The minimum absolute atomic E-state index is 0.242. The Hall–Kier alpha value is -2.69. The average Bonchev–Trinajstić information content (AvgIpc) is 2.60. The maximum atomic E-state index is 9.86. The summed E-state index contributed by atoms with van der Waals surface area (Å²) in [7, 11) is 4.78. The fraction of sp³-hybridized carbons (Fsp3) is 0.316. The molecule has 0 atom stereocenters. The van der Waals surface area contributed by atoms with Crippen LogP contribution in [0.5, 0.6) is 23.0 Å². The fourth-order valence-electron chi connectivity index (χ4n) is 2.50. The predicted octanol–water partition coefficient (Wildman–Crippen LogP) is 3.47. The molecule has 24 heavy (non-hydrogen) atoms. The van der Waals surface area contributed by atoms with Crippen LogP contribution in [-0.2, 0) is 6.42 Å². The molecule has 2 rings (SSSR count). The summed E-state index contributed by atoms with van der Waals surface area (Å²) in [6, 6.07) is 11.0. The maximum Gasteiger partial charge on any atom is 0.203 e. The third-order valence-electron chi connectivity index (χ3n) is 3.77. The number of hydrogen-bond donors (Lipinski definition) is 1. The monoisotopic (exact) mass is 329 g/mol. The van der Waals surface area contributed by atoms with Crippen molar-refractivity contribution in [2.24, 2.45) is 4.99 Å². The predicted molar refractivity (Wildman–Crippen MR) is 95.0 cm³/mol. The van der Waals surface area contributed by atoms with Gasteiger partial charge < -0.3 is 19.3 Å². The number of methoxy groups -OCH3 is 3. The first-order valence-electron chi connectivity index (χ1n) is 7.69. The van der Waals surface area contributed by atoms with Crippen LogP contribution in [0.15, 0.2) is 41.4 Å². The number of rotatable bonds is 7. The van der Waals surface area contributed by atoms with Crippen molar-refractivity contribution in [2.45, 2.75) is 13.3 Å². The summed E-state index contributed by atoms with van der Waals surface area (Å²) in [4.78, 5) is 4.55. The molecule has 0 aliphatic heterocycles. The largest absolute Gasteiger partial charge is 0.507 e. The second kappa shape index (κ2) is 8.24. The lowest BCUT2D eigenvalue weighted by atomic mass is 10.1. The Kier molecular flexibility index (Phi) is 6.07. The van der Waals surface area contributed by atoms with E-state index < -0.39 is 0 Å². The molecule has 2 aromatic rings. The maximum absolute atomic E-state index is 9.86. The molecule has 0 radical (unpaired) electrons. The van der Waals surface area contributed by atoms with Gasteiger partial charge in [-0.25, -0.2) is 0 Å². The van der Waals surface area contributed by atoms with Gasteiger partial charge in [0, 0.05) is 17.8 Å². The molecule has 128 valence electrons. The van der Waals surface area contributed by atoms with Crippen LogP contribution in [0, 0.1) is 0 Å². The van der Waals surface area contributed by atoms with E-state index in [4.69, 9.17) is 14.2 Å². The van der Waals surface area contributed by atoms with Crippen LogP contribution in [0.25, 0.3) is 0 Å². The highest BCUT2D eigenvalue weighted by Gasteiger charge is 2.13. The lowest BCUT2D eigenvalue weighted by molar-refractivity contribution is 0.324. The zero-order valence-corrected chi connectivity index (χ0v) is 14.5. The number of hydrogen-bond acceptors (Lipinski definition) is 5. The number of ether oxygens (including phenoxy) is 3. The van der Waals surface area contributed by atoms with E-state index in [-0.39, 0.29) is 5.75 Å². The first-order valence-corrected chi connectivity index (χ1v) is 7.69. The van der Waals surface area contributed by atoms with Crippen LogP contribution in [0.3, 0.4) is 0 Å². The van der Waals surface area contributed by atoms with Crippen LogP contribution >= 0.6 is 0 Å². The van der Waals surface area contributed by atoms with Gasteiger partial charge in [0.25, 0.3) is 0 Å². The molecular formula is C19H23NO4. The molecular weight excluding hydrogens is 306 g/mol. The summed E-state index contributed by atoms with van der Waals surface area (Å²) in [6.45, 7) is 2.49. The average molecular weight is 329 g/mol. The molecule has 0 saturated heterocycles. The van der Waals surface area contributed by atoms with E-state index in [1.54, 1.807) is 33.5 Å². The molecule has 0 amide bonds. The lowest BCUT2D eigenvalue weighted by Crippen LogP contribution is -2.00. The van der Waals surface area contributed by atoms with Crippen molar-refractivity contribution in [2.75, 3.05) is 27.9 Å². The third kappa shape index (κ3) is 3.98. The number of benzene rings is 2. The Bertz CT molecular complexity index is 700. The summed E-state index contributed by atoms with van der Waals surface area (Å²) in [5, 5.41) is 9.86. The Morgan fingerprint density at radius 1 is 1.00 bits per heavy atom. The van der Waals surface area contributed by atoms with Crippen molar-refractivity contribution in [1.29, 1.82) is 0 Å². The van der Waals surface area contributed by atoms with E-state index in [9.17, 15) is 5.11 Å². The number of para-hydroxylation sites is 1. The van der Waals surface area contributed by atoms with E-state index in [1.165, 1.54) is 0 Å². The first-order chi connectivity index (χ1) is 11.6. The van der Waals surface area contributed by atoms with Crippen molar-refractivity contribution >= 4 is 5.71 Å². The van der Waals surface area contributed by atoms with E-state index in [0.29, 0.717) is 23.8 Å². The van der Waals surface area contributed by atoms with Crippen LogP contribution in [-0.4, -0.2) is 38.7 Å². The Balaban J connectivity index is 2.14. The van der Waals surface area contributed by atoms with Gasteiger partial charge in [0.05, 0.1) is 21.3 Å². The quantitative estimate of drug-likeness (QED) is 0.790. The highest BCUT2D eigenvalue weighted by Crippen LogP contribution is 2.38. The first kappa shape index (κ1) is 17.7. The number of nitrogens with zero attached hydrogens (tertiary/aromatic N) is 1. The van der Waals surface area contributed by atoms with Gasteiger partial charge in [-0.05, 0) is 43.2 Å². The zero-order valence-electron chi connectivity index (χ0n) is 14.5. The lowest BCUT2D eigenvalue weighted by Gasteiger charge is -2.13. The Morgan fingerprint density at radius 3 is 2.17 bits per heavy atom. The molecule has 0 fully saturated rings. The summed E-state index contributed by atoms with van der Waals surface area (Å²) in [6.07, 6.45) is 0.724. The second-order valence-electron chi connectivity index (χ2n) is 5.27. The summed E-state index contributed by atoms with van der Waals surface area (Å²) in [5.41, 5.74) is 2.60. The Morgan fingerprint density at radius 2 is 1.62 bits per heavy atom. The van der Waals surface area contributed by atoms with Gasteiger partial charge >= 0.3 is 0 Å². The standard InChI is InChI=1S/C19H23NO4/c1-13(15-7-5-6-8-16(15)21)20-10-9-14-11-17(22-2)19(24-4)18(12-14)23-3/h5-8,11-12,21H,9-10H2,1-4H3. The molecule has 0 aliphatic carbocycles. The smallest absolute Gasteiger partial charge is 0.203 e. The topological polar surface area (TPSA) is 60.3 Å². The van der Waals surface area contributed by atoms with Crippen LogP contribution in [0.1, 0.15) is 18.1 Å². The second-order valence-corrected chi connectivity index (χ2v) is 5.27. The van der Waals surface area contributed by atoms with Gasteiger partial charge in [-0.15, -0.1) is 0 Å². The summed E-state index contributed by atoms with van der Waals surface area (Å²) in [5.74, 6) is 2.09. The van der Waals surface area contributed by atoms with Crippen molar-refractivity contribution in [1.82, 2.24) is 0 Å². The van der Waals surface area contributed by atoms with Crippen LogP contribution in [0.2, 0.25) is 0 Å². The van der Waals surface area contributed by atoms with Gasteiger partial charge in [-0.1, -0.05) is 12.1 Å². The third-order valence-corrected chi connectivity index (χ3v) is 3.77. The SMILES string of the molecule is COc1cc(CCN=C(C)c2ccccc2O)cc(OC)c1OC. The molecule has 0 heterocycles. The van der Waals surface area contributed by atoms with Crippen LogP contribution < -0.4 is 14.2 Å². The molecule has 5 nitrogen and oxygen atoms in total. The molecule has 0 unspecified atom stereocenters. The number of aliphatic imine (C=N–C) groups is 1. The van der Waals surface area contributed by atoms with Crippen LogP contribution in [0.4, 0.5) is 0 Å². The normalized spacial score (nSPS) is 11.2. The summed E-state index contributed by atoms with van der Waals surface area (Å²) < 4.78 is 16.0. The highest BCUT2D eigenvalue weighted by atomic mass is 16.5. The number of phenols is 1. The van der Waals surface area contributed by atoms with Crippen molar-refractivity contribution < 1.29 is 19.3 Å². The zero-order chi connectivity index (χ0) is 17.5. The number of phenolic OH excluding ortho intramolecular Hbond substituents is 1. The van der Waals surface area contributed by atoms with E-state index >= 15 is 0 Å². The molecule has 0 aromatic heterocycles. The molecule has 5 heteroatoms. The Labute approximate surface area is 142 Å². The van der Waals surface area contributed by atoms with Gasteiger partial charge in [0.2, 0.25) is 5.75 Å². The highest BCUT2D eigenvalue weighted by molar-refractivity contribution is 6.00. The molecule has 0 bridgehead atoms. The minimum Gasteiger partial charge on any atom is -0.507 e. The van der Waals surface area contributed by atoms with Crippen molar-refractivity contribution in [3.8, 4) is 23.0 Å². The van der Waals surface area contributed by atoms with E-state index in [2.05, 4.69) is 4.99 Å². The van der Waals surface area contributed by atoms with Crippen molar-refractivity contribution in [3.63, 3.8) is 0 Å². The summed E-state index contributed by atoms with van der Waals surface area (Å²) >= 11 is 0. The molecule has 1 N–H and O–H groups in total. The number of aromatic hydroxyl groups is 1. The molecule has 2 aromatic carbocycles. The van der Waals surface area contributed by atoms with E-state index in [1.807, 2.05) is 31.2 Å². The molecule has 0 spiro atoms. The van der Waals surface area contributed by atoms with Gasteiger partial charge in [0.15, 0.2) is 11.5 Å². The molecule has 0 saturated carbocycles. The van der Waals surface area contributed by atoms with Gasteiger partial charge in [-0.3, -0.25) is 4.99 Å².